The molecule has 1 aromatic carbocycles. The van der Waals surface area contributed by atoms with E-state index < -0.39 is 0 Å². The van der Waals surface area contributed by atoms with Gasteiger partial charge in [0.25, 0.3) is 0 Å². The topological polar surface area (TPSA) is 67.2 Å². The summed E-state index contributed by atoms with van der Waals surface area (Å²) in [6, 6.07) is 4.57. The molecule has 0 saturated heterocycles. The number of hydrogen-bond donors (Lipinski definition) is 0. The monoisotopic (exact) mass is 189 g/mol. The Balaban J connectivity index is 3.44. The Morgan fingerprint density at radius 2 is 1.86 bits per heavy atom. The first-order chi connectivity index (χ1) is 6.76. The number of aldehydes is 2. The van der Waals surface area contributed by atoms with Crippen molar-refractivity contribution >= 4 is 12.6 Å². The van der Waals surface area contributed by atoms with Gasteiger partial charge in [-0.05, 0) is 12.1 Å². The minimum absolute atomic E-state index is 0.192. The lowest BCUT2D eigenvalue weighted by Crippen LogP contribution is -1.96. The summed E-state index contributed by atoms with van der Waals surface area (Å²) in [5.74, 6) is 0.292. The van der Waals surface area contributed by atoms with Gasteiger partial charge in [0.05, 0.1) is 12.7 Å². The first kappa shape index (κ1) is 9.93. The van der Waals surface area contributed by atoms with E-state index in [0.29, 0.717) is 18.3 Å². The zero-order valence-corrected chi connectivity index (χ0v) is 7.48. The number of carbonyl (C=O) groups excluding carboxylic acids is 2. The second-order valence-electron chi connectivity index (χ2n) is 2.53. The second kappa shape index (κ2) is 4.19. The molecule has 0 radical (unpaired) electrons. The van der Waals surface area contributed by atoms with Crippen LogP contribution in [-0.2, 0) is 0 Å². The summed E-state index contributed by atoms with van der Waals surface area (Å²) in [5, 5.41) is 8.70. The lowest BCUT2D eigenvalue weighted by atomic mass is 10.1. The molecular weight excluding hydrogens is 182 g/mol. The number of carbonyl (C=O) groups is 2. The van der Waals surface area contributed by atoms with Crippen LogP contribution in [0.3, 0.4) is 0 Å². The molecule has 0 aliphatic rings. The molecule has 70 valence electrons. The number of ether oxygens (including phenoxy) is 1. The molecule has 0 aliphatic carbocycles. The Bertz CT molecular complexity index is 418. The highest BCUT2D eigenvalue weighted by Gasteiger charge is 2.08. The molecule has 0 heterocycles. The van der Waals surface area contributed by atoms with Crippen molar-refractivity contribution in [1.29, 1.82) is 5.26 Å². The van der Waals surface area contributed by atoms with Crippen molar-refractivity contribution in [2.24, 2.45) is 0 Å². The molecule has 0 aliphatic heterocycles. The lowest BCUT2D eigenvalue weighted by Gasteiger charge is -2.04. The molecular formula is C10H7NO3. The van der Waals surface area contributed by atoms with Crippen molar-refractivity contribution in [1.82, 2.24) is 0 Å². The summed E-state index contributed by atoms with van der Waals surface area (Å²) >= 11 is 0. The van der Waals surface area contributed by atoms with Gasteiger partial charge in [0.2, 0.25) is 0 Å². The van der Waals surface area contributed by atoms with E-state index in [4.69, 9.17) is 10.00 Å². The van der Waals surface area contributed by atoms with Crippen LogP contribution in [0.5, 0.6) is 5.75 Å². The fraction of sp³-hybridized carbons (Fsp3) is 0.100. The molecule has 14 heavy (non-hydrogen) atoms. The van der Waals surface area contributed by atoms with E-state index in [1.165, 1.54) is 19.2 Å². The normalized spacial score (nSPS) is 8.86. The van der Waals surface area contributed by atoms with E-state index in [1.54, 1.807) is 0 Å². The molecule has 0 saturated carbocycles. The number of rotatable bonds is 3. The van der Waals surface area contributed by atoms with Gasteiger partial charge in [0.15, 0.2) is 12.6 Å². The van der Waals surface area contributed by atoms with E-state index in [0.717, 1.165) is 0 Å². The number of methoxy groups -OCH3 is 1. The van der Waals surface area contributed by atoms with Crippen molar-refractivity contribution in [2.75, 3.05) is 7.11 Å². The van der Waals surface area contributed by atoms with Crippen LogP contribution >= 0.6 is 0 Å². The van der Waals surface area contributed by atoms with E-state index in [9.17, 15) is 9.59 Å². The predicted molar refractivity (Wildman–Crippen MR) is 48.5 cm³/mol. The van der Waals surface area contributed by atoms with Gasteiger partial charge in [-0.3, -0.25) is 9.59 Å². The van der Waals surface area contributed by atoms with E-state index in [-0.39, 0.29) is 16.7 Å². The third kappa shape index (κ3) is 1.62. The van der Waals surface area contributed by atoms with Gasteiger partial charge in [0, 0.05) is 11.1 Å². The SMILES string of the molecule is COc1cc(C=O)c(C=O)cc1C#N. The molecule has 4 nitrogen and oxygen atoms in total. The number of nitrogens with zero attached hydrogens (tertiary/aromatic N) is 1. The highest BCUT2D eigenvalue weighted by molar-refractivity contribution is 5.91. The maximum atomic E-state index is 10.6. The Kier molecular flexibility index (Phi) is 2.97. The summed E-state index contributed by atoms with van der Waals surface area (Å²) in [7, 11) is 1.39. The highest BCUT2D eigenvalue weighted by Crippen LogP contribution is 2.21. The van der Waals surface area contributed by atoms with Crippen LogP contribution in [0.15, 0.2) is 12.1 Å². The van der Waals surface area contributed by atoms with Crippen LogP contribution < -0.4 is 4.74 Å². The molecule has 0 amide bonds. The molecule has 0 fully saturated rings. The Hall–Kier alpha value is -2.15. The molecule has 0 spiro atoms. The molecule has 4 heteroatoms. The third-order valence-corrected chi connectivity index (χ3v) is 1.78. The lowest BCUT2D eigenvalue weighted by molar-refractivity contribution is 0.109. The van der Waals surface area contributed by atoms with Gasteiger partial charge >= 0.3 is 0 Å². The van der Waals surface area contributed by atoms with E-state index >= 15 is 0 Å². The van der Waals surface area contributed by atoms with Gasteiger partial charge in [-0.1, -0.05) is 0 Å². The van der Waals surface area contributed by atoms with Gasteiger partial charge in [-0.2, -0.15) is 5.26 Å². The maximum absolute atomic E-state index is 10.6. The standard InChI is InChI=1S/C10H7NO3/c1-14-10-3-9(6-13)8(5-12)2-7(10)4-11/h2-3,5-6H,1H3. The first-order valence-electron chi connectivity index (χ1n) is 3.79. The van der Waals surface area contributed by atoms with Crippen LogP contribution in [0.1, 0.15) is 26.3 Å². The van der Waals surface area contributed by atoms with Gasteiger partial charge < -0.3 is 4.74 Å². The summed E-state index contributed by atoms with van der Waals surface area (Å²) in [4.78, 5) is 21.1. The van der Waals surface area contributed by atoms with Crippen LogP contribution in [0.25, 0.3) is 0 Å². The summed E-state index contributed by atoms with van der Waals surface area (Å²) < 4.78 is 4.88. The highest BCUT2D eigenvalue weighted by atomic mass is 16.5. The van der Waals surface area contributed by atoms with Crippen molar-refractivity contribution in [3.05, 3.63) is 28.8 Å². The quantitative estimate of drug-likeness (QED) is 0.670. The van der Waals surface area contributed by atoms with Crippen molar-refractivity contribution in [3.63, 3.8) is 0 Å². The Labute approximate surface area is 80.7 Å². The summed E-state index contributed by atoms with van der Waals surface area (Å²) in [6.45, 7) is 0. The van der Waals surface area contributed by atoms with Crippen LogP contribution in [0.4, 0.5) is 0 Å². The minimum atomic E-state index is 0.192. The van der Waals surface area contributed by atoms with Crippen LogP contribution in [0, 0.1) is 11.3 Å². The third-order valence-electron chi connectivity index (χ3n) is 1.78. The van der Waals surface area contributed by atoms with Crippen molar-refractivity contribution in [2.45, 2.75) is 0 Å². The van der Waals surface area contributed by atoms with Crippen LogP contribution in [0.2, 0.25) is 0 Å². The van der Waals surface area contributed by atoms with Gasteiger partial charge in [-0.15, -0.1) is 0 Å². The molecule has 0 atom stereocenters. The molecule has 0 unspecified atom stereocenters. The molecule has 0 bridgehead atoms. The fourth-order valence-corrected chi connectivity index (χ4v) is 1.07. The van der Waals surface area contributed by atoms with Gasteiger partial charge in [0.1, 0.15) is 11.8 Å². The average Bonchev–Trinajstić information content (AvgIpc) is 2.26. The average molecular weight is 189 g/mol. The fourth-order valence-electron chi connectivity index (χ4n) is 1.07. The smallest absolute Gasteiger partial charge is 0.150 e. The maximum Gasteiger partial charge on any atom is 0.150 e. The van der Waals surface area contributed by atoms with Gasteiger partial charge in [-0.25, -0.2) is 0 Å². The molecule has 1 rings (SSSR count). The summed E-state index contributed by atoms with van der Waals surface area (Å²) in [6.07, 6.45) is 1.08. The minimum Gasteiger partial charge on any atom is -0.495 e. The first-order valence-corrected chi connectivity index (χ1v) is 3.79. The predicted octanol–water partition coefficient (Wildman–Crippen LogP) is 1.19. The Morgan fingerprint density at radius 3 is 2.29 bits per heavy atom. The molecule has 0 aromatic heterocycles. The Morgan fingerprint density at radius 1 is 1.29 bits per heavy atom. The van der Waals surface area contributed by atoms with Crippen molar-refractivity contribution < 1.29 is 14.3 Å². The summed E-state index contributed by atoms with van der Waals surface area (Å²) in [5.41, 5.74) is 0.647. The molecule has 1 aromatic rings. The van der Waals surface area contributed by atoms with Crippen molar-refractivity contribution in [3.8, 4) is 11.8 Å². The zero-order valence-electron chi connectivity index (χ0n) is 7.48. The largest absolute Gasteiger partial charge is 0.495 e. The number of nitriles is 1. The number of hydrogen-bond acceptors (Lipinski definition) is 4. The van der Waals surface area contributed by atoms with Crippen LogP contribution in [-0.4, -0.2) is 19.7 Å². The van der Waals surface area contributed by atoms with E-state index in [1.807, 2.05) is 6.07 Å². The molecule has 0 N–H and O–H groups in total. The zero-order chi connectivity index (χ0) is 10.6. The number of benzene rings is 1. The van der Waals surface area contributed by atoms with E-state index in [2.05, 4.69) is 0 Å². The second-order valence-corrected chi connectivity index (χ2v) is 2.53.